The van der Waals surface area contributed by atoms with Gasteiger partial charge in [-0.2, -0.15) is 0 Å². The highest BCUT2D eigenvalue weighted by Crippen LogP contribution is 2.32. The second-order valence-electron chi connectivity index (χ2n) is 4.69. The van der Waals surface area contributed by atoms with Crippen molar-refractivity contribution in [3.63, 3.8) is 0 Å². The van der Waals surface area contributed by atoms with Crippen LogP contribution in [-0.4, -0.2) is 11.0 Å². The first kappa shape index (κ1) is 11.4. The molecule has 1 aromatic carbocycles. The van der Waals surface area contributed by atoms with Crippen molar-refractivity contribution >= 4 is 34.1 Å². The van der Waals surface area contributed by atoms with Crippen molar-refractivity contribution in [3.05, 3.63) is 33.4 Å². The van der Waals surface area contributed by atoms with Crippen molar-refractivity contribution in [2.45, 2.75) is 32.4 Å². The number of aryl methyl sites for hydroxylation is 1. The van der Waals surface area contributed by atoms with Crippen molar-refractivity contribution in [1.29, 1.82) is 0 Å². The highest BCUT2D eigenvalue weighted by Gasteiger charge is 2.21. The predicted octanol–water partition coefficient (Wildman–Crippen LogP) is 4.04. The fourth-order valence-corrected chi connectivity index (χ4v) is 2.71. The molecular formula is C13H14Cl2N2. The molecule has 2 N–H and O–H groups in total. The van der Waals surface area contributed by atoms with Crippen LogP contribution in [0.5, 0.6) is 0 Å². The summed E-state index contributed by atoms with van der Waals surface area (Å²) in [6.07, 6.45) is 2.59. The number of benzene rings is 1. The van der Waals surface area contributed by atoms with E-state index in [-0.39, 0.29) is 0 Å². The van der Waals surface area contributed by atoms with E-state index < -0.39 is 0 Å². The Morgan fingerprint density at radius 2 is 2.12 bits per heavy atom. The summed E-state index contributed by atoms with van der Waals surface area (Å²) < 4.78 is 0. The molecule has 0 spiro atoms. The zero-order chi connectivity index (χ0) is 12.0. The van der Waals surface area contributed by atoms with E-state index in [9.17, 15) is 0 Å². The third-order valence-corrected chi connectivity index (χ3v) is 3.81. The Hall–Kier alpha value is -0.700. The monoisotopic (exact) mass is 268 g/mol. The summed E-state index contributed by atoms with van der Waals surface area (Å²) >= 11 is 12.2. The second-order valence-corrected chi connectivity index (χ2v) is 5.54. The molecule has 0 saturated heterocycles. The molecular weight excluding hydrogens is 255 g/mol. The molecule has 0 bridgehead atoms. The first-order valence-electron chi connectivity index (χ1n) is 5.84. The maximum absolute atomic E-state index is 6.19. The van der Waals surface area contributed by atoms with Crippen LogP contribution in [0.1, 0.15) is 24.1 Å². The van der Waals surface area contributed by atoms with Gasteiger partial charge in [0.15, 0.2) is 0 Å². The Labute approximate surface area is 110 Å². The van der Waals surface area contributed by atoms with Gasteiger partial charge in [-0.15, -0.1) is 0 Å². The summed E-state index contributed by atoms with van der Waals surface area (Å²) in [5.41, 5.74) is 3.43. The average molecular weight is 269 g/mol. The second kappa shape index (κ2) is 4.20. The number of nitrogens with one attached hydrogen (secondary N) is 2. The molecule has 90 valence electrons. The number of aromatic amines is 1. The minimum atomic E-state index is 0.688. The molecule has 0 atom stereocenters. The van der Waals surface area contributed by atoms with E-state index in [1.165, 1.54) is 18.4 Å². The maximum Gasteiger partial charge on any atom is 0.0662 e. The highest BCUT2D eigenvalue weighted by atomic mass is 35.5. The van der Waals surface area contributed by atoms with Crippen molar-refractivity contribution in [1.82, 2.24) is 10.3 Å². The van der Waals surface area contributed by atoms with Gasteiger partial charge in [0.1, 0.15) is 0 Å². The molecule has 0 unspecified atom stereocenters. The molecule has 0 radical (unpaired) electrons. The van der Waals surface area contributed by atoms with Gasteiger partial charge in [-0.25, -0.2) is 0 Å². The van der Waals surface area contributed by atoms with Gasteiger partial charge in [-0.1, -0.05) is 23.2 Å². The lowest BCUT2D eigenvalue weighted by Crippen LogP contribution is -2.15. The van der Waals surface area contributed by atoms with Crippen LogP contribution in [0.3, 0.4) is 0 Å². The summed E-state index contributed by atoms with van der Waals surface area (Å²) in [6, 6.07) is 4.46. The molecule has 17 heavy (non-hydrogen) atoms. The molecule has 4 heteroatoms. The van der Waals surface area contributed by atoms with Gasteiger partial charge < -0.3 is 10.3 Å². The standard InChI is InChI=1S/C13H14Cl2N2/c1-7-11(6-16-9-2-3-9)10-4-8(14)5-12(15)13(10)17-7/h4-5,9,16-17H,2-3,6H2,1H3. The summed E-state index contributed by atoms with van der Waals surface area (Å²) in [4.78, 5) is 3.34. The van der Waals surface area contributed by atoms with Crippen LogP contribution in [0.25, 0.3) is 10.9 Å². The van der Waals surface area contributed by atoms with Crippen molar-refractivity contribution in [2.75, 3.05) is 0 Å². The van der Waals surface area contributed by atoms with Gasteiger partial charge in [-0.05, 0) is 37.5 Å². The van der Waals surface area contributed by atoms with E-state index >= 15 is 0 Å². The number of hydrogen-bond donors (Lipinski definition) is 2. The summed E-state index contributed by atoms with van der Waals surface area (Å²) in [6.45, 7) is 2.96. The van der Waals surface area contributed by atoms with Crippen molar-refractivity contribution in [3.8, 4) is 0 Å². The van der Waals surface area contributed by atoms with E-state index in [1.54, 1.807) is 6.07 Å². The maximum atomic E-state index is 6.19. The predicted molar refractivity (Wildman–Crippen MR) is 72.9 cm³/mol. The van der Waals surface area contributed by atoms with Crippen LogP contribution in [-0.2, 0) is 6.54 Å². The molecule has 0 aliphatic heterocycles. The number of aromatic nitrogens is 1. The van der Waals surface area contributed by atoms with Crippen LogP contribution >= 0.6 is 23.2 Å². The van der Waals surface area contributed by atoms with Crippen molar-refractivity contribution in [2.24, 2.45) is 0 Å². The molecule has 0 amide bonds. The zero-order valence-electron chi connectivity index (χ0n) is 9.61. The zero-order valence-corrected chi connectivity index (χ0v) is 11.1. The summed E-state index contributed by atoms with van der Waals surface area (Å²) in [5.74, 6) is 0. The molecule has 2 nitrogen and oxygen atoms in total. The van der Waals surface area contributed by atoms with Gasteiger partial charge in [-0.3, -0.25) is 0 Å². The van der Waals surface area contributed by atoms with E-state index in [4.69, 9.17) is 23.2 Å². The minimum Gasteiger partial charge on any atom is -0.357 e. The number of halogens is 2. The highest BCUT2D eigenvalue weighted by molar-refractivity contribution is 6.38. The van der Waals surface area contributed by atoms with Crippen molar-refractivity contribution < 1.29 is 0 Å². The number of fused-ring (bicyclic) bond motifs is 1. The Kier molecular flexibility index (Phi) is 2.81. The number of rotatable bonds is 3. The van der Waals surface area contributed by atoms with Crippen LogP contribution in [0.2, 0.25) is 10.0 Å². The number of H-pyrrole nitrogens is 1. The van der Waals surface area contributed by atoms with E-state index in [1.807, 2.05) is 6.07 Å². The molecule has 1 heterocycles. The van der Waals surface area contributed by atoms with Crippen LogP contribution < -0.4 is 5.32 Å². The van der Waals surface area contributed by atoms with Gasteiger partial charge >= 0.3 is 0 Å². The Morgan fingerprint density at radius 1 is 1.35 bits per heavy atom. The lowest BCUT2D eigenvalue weighted by molar-refractivity contribution is 0.688. The first-order valence-corrected chi connectivity index (χ1v) is 6.60. The smallest absolute Gasteiger partial charge is 0.0662 e. The summed E-state index contributed by atoms with van der Waals surface area (Å²) in [5, 5.41) is 6.03. The normalized spacial score (nSPS) is 15.7. The molecule has 1 aliphatic carbocycles. The first-order chi connectivity index (χ1) is 8.15. The topological polar surface area (TPSA) is 27.8 Å². The molecule has 1 fully saturated rings. The van der Waals surface area contributed by atoms with Gasteiger partial charge in [0.05, 0.1) is 10.5 Å². The SMILES string of the molecule is Cc1[nH]c2c(Cl)cc(Cl)cc2c1CNC1CC1. The third-order valence-electron chi connectivity index (χ3n) is 3.29. The van der Waals surface area contributed by atoms with Crippen LogP contribution in [0.4, 0.5) is 0 Å². The minimum absolute atomic E-state index is 0.688. The Balaban J connectivity index is 2.05. The largest absolute Gasteiger partial charge is 0.357 e. The quantitative estimate of drug-likeness (QED) is 0.864. The van der Waals surface area contributed by atoms with E-state index in [0.717, 1.165) is 23.1 Å². The van der Waals surface area contributed by atoms with Gasteiger partial charge in [0.2, 0.25) is 0 Å². The van der Waals surface area contributed by atoms with Gasteiger partial charge in [0.25, 0.3) is 0 Å². The van der Waals surface area contributed by atoms with Crippen LogP contribution in [0, 0.1) is 6.92 Å². The lowest BCUT2D eigenvalue weighted by atomic mass is 10.1. The molecule has 1 aromatic heterocycles. The summed E-state index contributed by atoms with van der Waals surface area (Å²) in [7, 11) is 0. The fourth-order valence-electron chi connectivity index (χ4n) is 2.17. The fraction of sp³-hybridized carbons (Fsp3) is 0.385. The Morgan fingerprint density at radius 3 is 2.82 bits per heavy atom. The molecule has 1 aliphatic rings. The molecule has 2 aromatic rings. The Bertz CT molecular complexity index is 570. The van der Waals surface area contributed by atoms with Gasteiger partial charge in [0, 0.05) is 28.7 Å². The lowest BCUT2D eigenvalue weighted by Gasteiger charge is -2.03. The third kappa shape index (κ3) is 2.17. The molecule has 1 saturated carbocycles. The average Bonchev–Trinajstić information content (AvgIpc) is 3.02. The number of hydrogen-bond acceptors (Lipinski definition) is 1. The van der Waals surface area contributed by atoms with E-state index in [2.05, 4.69) is 17.2 Å². The van der Waals surface area contributed by atoms with Crippen LogP contribution in [0.15, 0.2) is 12.1 Å². The van der Waals surface area contributed by atoms with E-state index in [0.29, 0.717) is 16.1 Å². The molecule has 3 rings (SSSR count).